The Morgan fingerprint density at radius 3 is 2.62 bits per heavy atom. The van der Waals surface area contributed by atoms with Gasteiger partial charge in [-0.2, -0.15) is 4.98 Å². The highest BCUT2D eigenvalue weighted by atomic mass is 16.6. The largest absolute Gasteiger partial charge is 0.394 e. The Labute approximate surface area is 116 Å². The second-order valence-corrected chi connectivity index (χ2v) is 4.69. The Bertz CT molecular complexity index is 741. The van der Waals surface area contributed by atoms with Gasteiger partial charge >= 0.3 is 0 Å². The number of imidazole rings is 1. The average molecular weight is 298 g/mol. The van der Waals surface area contributed by atoms with E-state index in [2.05, 4.69) is 15.0 Å². The molecule has 1 saturated heterocycles. The molecule has 0 unspecified atom stereocenters. The van der Waals surface area contributed by atoms with E-state index in [-0.39, 0.29) is 23.1 Å². The van der Waals surface area contributed by atoms with Gasteiger partial charge in [0, 0.05) is 0 Å². The number of aromatic amines is 1. The molecule has 0 aromatic carbocycles. The van der Waals surface area contributed by atoms with Crippen molar-refractivity contribution in [2.24, 2.45) is 0 Å². The number of nitrogens with one attached hydrogen (secondary N) is 1. The number of ether oxygens (including phenoxy) is 1. The summed E-state index contributed by atoms with van der Waals surface area (Å²) in [7, 11) is 0. The molecule has 0 spiro atoms. The van der Waals surface area contributed by atoms with Crippen molar-refractivity contribution in [2.45, 2.75) is 24.5 Å². The highest BCUT2D eigenvalue weighted by Crippen LogP contribution is 2.32. The van der Waals surface area contributed by atoms with Crippen LogP contribution in [0.3, 0.4) is 0 Å². The predicted octanol–water partition coefficient (Wildman–Crippen LogP) is -3.10. The lowest BCUT2D eigenvalue weighted by Gasteiger charge is -2.17. The van der Waals surface area contributed by atoms with Gasteiger partial charge in [0.15, 0.2) is 17.4 Å². The molecule has 0 aliphatic carbocycles. The third-order valence-electron chi connectivity index (χ3n) is 3.37. The number of hydrogen-bond acceptors (Lipinski definition) is 9. The highest BCUT2D eigenvalue weighted by Gasteiger charge is 2.44. The maximum atomic E-state index is 11.7. The van der Waals surface area contributed by atoms with E-state index in [0.29, 0.717) is 0 Å². The standard InChI is InChI=1S/C10H14N6O5/c11-9-14-6-3(7(20)15-9)13-10(12)16(6)8-5(19)4(18)2(1-17)21-8/h2,4-5,8,17-19H,1H2,(H2,12,13)(H3,11,14,15,20)/t2-,4-,5+,8-/m1/s1. The highest BCUT2D eigenvalue weighted by molar-refractivity contribution is 5.74. The van der Waals surface area contributed by atoms with Crippen LogP contribution in [0.5, 0.6) is 0 Å². The van der Waals surface area contributed by atoms with Gasteiger partial charge in [-0.15, -0.1) is 0 Å². The summed E-state index contributed by atoms with van der Waals surface area (Å²) in [5, 5.41) is 28.9. The maximum Gasteiger partial charge on any atom is 0.280 e. The number of anilines is 2. The number of fused-ring (bicyclic) bond motifs is 1. The first kappa shape index (κ1) is 13.8. The van der Waals surface area contributed by atoms with Crippen LogP contribution in [0.1, 0.15) is 6.23 Å². The predicted molar refractivity (Wildman–Crippen MR) is 70.0 cm³/mol. The fraction of sp³-hybridized carbons (Fsp3) is 0.500. The molecule has 0 saturated carbocycles. The minimum Gasteiger partial charge on any atom is -0.394 e. The molecule has 8 N–H and O–H groups in total. The number of H-pyrrole nitrogens is 1. The summed E-state index contributed by atoms with van der Waals surface area (Å²) in [4.78, 5) is 21.8. The average Bonchev–Trinajstić information content (AvgIpc) is 2.89. The quantitative estimate of drug-likeness (QED) is 0.334. The molecule has 1 aliphatic rings. The Hall–Kier alpha value is -2.21. The molecular weight excluding hydrogens is 284 g/mol. The number of nitrogens with zero attached hydrogens (tertiary/aromatic N) is 3. The number of aliphatic hydroxyl groups is 3. The summed E-state index contributed by atoms with van der Waals surface area (Å²) >= 11 is 0. The monoisotopic (exact) mass is 298 g/mol. The van der Waals surface area contributed by atoms with E-state index in [4.69, 9.17) is 21.3 Å². The Morgan fingerprint density at radius 1 is 1.29 bits per heavy atom. The number of rotatable bonds is 2. The van der Waals surface area contributed by atoms with Gasteiger partial charge < -0.3 is 31.5 Å². The molecule has 3 rings (SSSR count). The first-order valence-electron chi connectivity index (χ1n) is 6.09. The summed E-state index contributed by atoms with van der Waals surface area (Å²) in [6.07, 6.45) is -4.81. The Balaban J connectivity index is 2.17. The van der Waals surface area contributed by atoms with Crippen LogP contribution in [-0.4, -0.2) is 59.8 Å². The molecule has 1 fully saturated rings. The molecule has 114 valence electrons. The van der Waals surface area contributed by atoms with Gasteiger partial charge in [0.2, 0.25) is 11.9 Å². The molecule has 3 heterocycles. The van der Waals surface area contributed by atoms with Crippen molar-refractivity contribution in [1.29, 1.82) is 0 Å². The minimum absolute atomic E-state index is 0.0172. The van der Waals surface area contributed by atoms with Gasteiger partial charge in [-0.05, 0) is 0 Å². The number of nitrogen functional groups attached to an aromatic ring is 2. The van der Waals surface area contributed by atoms with Crippen LogP contribution in [0.4, 0.5) is 11.9 Å². The smallest absolute Gasteiger partial charge is 0.280 e. The molecule has 21 heavy (non-hydrogen) atoms. The minimum atomic E-state index is -1.37. The van der Waals surface area contributed by atoms with Crippen molar-refractivity contribution < 1.29 is 20.1 Å². The molecule has 4 atom stereocenters. The summed E-state index contributed by atoms with van der Waals surface area (Å²) in [6.45, 7) is -0.489. The fourth-order valence-corrected chi connectivity index (χ4v) is 2.36. The number of nitrogens with two attached hydrogens (primary N) is 2. The van der Waals surface area contributed by atoms with Crippen molar-refractivity contribution in [1.82, 2.24) is 19.5 Å². The summed E-state index contributed by atoms with van der Waals surface area (Å²) in [5.74, 6) is -0.288. The van der Waals surface area contributed by atoms with Crippen LogP contribution in [0.25, 0.3) is 11.2 Å². The van der Waals surface area contributed by atoms with E-state index in [1.807, 2.05) is 0 Å². The van der Waals surface area contributed by atoms with Crippen molar-refractivity contribution >= 4 is 23.1 Å². The molecular formula is C10H14N6O5. The fourth-order valence-electron chi connectivity index (χ4n) is 2.36. The van der Waals surface area contributed by atoms with Crippen molar-refractivity contribution in [2.75, 3.05) is 18.1 Å². The normalized spacial score (nSPS) is 29.3. The van der Waals surface area contributed by atoms with E-state index in [9.17, 15) is 15.0 Å². The van der Waals surface area contributed by atoms with Gasteiger partial charge in [0.05, 0.1) is 6.61 Å². The zero-order chi connectivity index (χ0) is 15.3. The van der Waals surface area contributed by atoms with Crippen LogP contribution in [0, 0.1) is 0 Å². The van der Waals surface area contributed by atoms with Crippen LogP contribution in [0.2, 0.25) is 0 Å². The molecule has 0 amide bonds. The Kier molecular flexibility index (Phi) is 3.06. The lowest BCUT2D eigenvalue weighted by Crippen LogP contribution is -2.33. The zero-order valence-corrected chi connectivity index (χ0v) is 10.7. The van der Waals surface area contributed by atoms with E-state index in [1.54, 1.807) is 0 Å². The maximum absolute atomic E-state index is 11.7. The van der Waals surface area contributed by atoms with E-state index < -0.39 is 36.7 Å². The van der Waals surface area contributed by atoms with Gasteiger partial charge in [-0.3, -0.25) is 14.3 Å². The van der Waals surface area contributed by atoms with Gasteiger partial charge in [-0.1, -0.05) is 0 Å². The molecule has 2 aromatic heterocycles. The van der Waals surface area contributed by atoms with Crippen LogP contribution in [0.15, 0.2) is 4.79 Å². The van der Waals surface area contributed by atoms with E-state index >= 15 is 0 Å². The lowest BCUT2D eigenvalue weighted by atomic mass is 10.1. The first-order valence-corrected chi connectivity index (χ1v) is 6.09. The van der Waals surface area contributed by atoms with Gasteiger partial charge in [0.25, 0.3) is 5.56 Å². The Morgan fingerprint density at radius 2 is 2.00 bits per heavy atom. The van der Waals surface area contributed by atoms with Crippen molar-refractivity contribution in [3.63, 3.8) is 0 Å². The van der Waals surface area contributed by atoms with Gasteiger partial charge in [-0.25, -0.2) is 4.98 Å². The zero-order valence-electron chi connectivity index (χ0n) is 10.7. The first-order chi connectivity index (χ1) is 9.93. The molecule has 0 radical (unpaired) electrons. The van der Waals surface area contributed by atoms with E-state index in [0.717, 1.165) is 4.57 Å². The summed E-state index contributed by atoms with van der Waals surface area (Å²) in [6, 6.07) is 0. The third-order valence-corrected chi connectivity index (χ3v) is 3.37. The number of hydrogen-bond donors (Lipinski definition) is 6. The number of aromatic nitrogens is 4. The summed E-state index contributed by atoms with van der Waals surface area (Å²) < 4.78 is 6.51. The second kappa shape index (κ2) is 4.66. The van der Waals surface area contributed by atoms with Crippen molar-refractivity contribution in [3.05, 3.63) is 10.4 Å². The second-order valence-electron chi connectivity index (χ2n) is 4.69. The van der Waals surface area contributed by atoms with Crippen LogP contribution >= 0.6 is 0 Å². The topological polar surface area (TPSA) is 186 Å². The van der Waals surface area contributed by atoms with Crippen molar-refractivity contribution in [3.8, 4) is 0 Å². The third kappa shape index (κ3) is 1.94. The molecule has 11 heteroatoms. The van der Waals surface area contributed by atoms with Gasteiger partial charge in [0.1, 0.15) is 18.3 Å². The number of aliphatic hydroxyl groups excluding tert-OH is 3. The SMILES string of the molecule is Nc1nc2c(nc(N)n2[C@@H]2O[C@H](CO)[C@@H](O)[C@@H]2O)c(=O)[nH]1. The van der Waals surface area contributed by atoms with E-state index in [1.165, 1.54) is 0 Å². The molecule has 0 bridgehead atoms. The molecule has 2 aromatic rings. The van der Waals surface area contributed by atoms with Crippen LogP contribution in [-0.2, 0) is 4.74 Å². The summed E-state index contributed by atoms with van der Waals surface area (Å²) in [5.41, 5.74) is 10.6. The lowest BCUT2D eigenvalue weighted by molar-refractivity contribution is -0.0500. The van der Waals surface area contributed by atoms with Crippen LogP contribution < -0.4 is 17.0 Å². The molecule has 1 aliphatic heterocycles. The molecule has 11 nitrogen and oxygen atoms in total.